The Morgan fingerprint density at radius 2 is 1.80 bits per heavy atom. The van der Waals surface area contributed by atoms with Gasteiger partial charge in [-0.1, -0.05) is 32.9 Å². The monoisotopic (exact) mass is 209 g/mol. The molecule has 2 N–H and O–H groups in total. The van der Waals surface area contributed by atoms with E-state index in [4.69, 9.17) is 9.94 Å². The molecule has 0 amide bonds. The Morgan fingerprint density at radius 3 is 2.27 bits per heavy atom. The lowest BCUT2D eigenvalue weighted by atomic mass is 9.87. The summed E-state index contributed by atoms with van der Waals surface area (Å²) in [7, 11) is 0. The van der Waals surface area contributed by atoms with E-state index in [0.29, 0.717) is 13.2 Å². The normalized spacial score (nSPS) is 11.5. The van der Waals surface area contributed by atoms with Gasteiger partial charge in [0, 0.05) is 0 Å². The molecule has 0 atom stereocenters. The molecule has 0 aliphatic carbocycles. The number of ether oxygens (including phenoxy) is 1. The minimum atomic E-state index is 0.172. The summed E-state index contributed by atoms with van der Waals surface area (Å²) in [5.74, 6) is 0.832. The van der Waals surface area contributed by atoms with Crippen molar-refractivity contribution in [3.8, 4) is 5.75 Å². The van der Waals surface area contributed by atoms with E-state index in [-0.39, 0.29) is 5.41 Å². The molecule has 1 aromatic carbocycles. The van der Waals surface area contributed by atoms with Gasteiger partial charge in [0.15, 0.2) is 0 Å². The molecule has 0 spiro atoms. The summed E-state index contributed by atoms with van der Waals surface area (Å²) in [6.45, 7) is 7.43. The second-order valence-electron chi connectivity index (χ2n) is 4.53. The highest BCUT2D eigenvalue weighted by molar-refractivity contribution is 5.31. The third-order valence-corrected chi connectivity index (χ3v) is 2.20. The van der Waals surface area contributed by atoms with Gasteiger partial charge in [-0.2, -0.15) is 0 Å². The molecule has 0 aliphatic rings. The Kier molecular flexibility index (Phi) is 4.12. The molecular weight excluding hydrogens is 190 g/mol. The van der Waals surface area contributed by atoms with Crippen molar-refractivity contribution >= 4 is 0 Å². The number of hydroxylamine groups is 1. The molecule has 15 heavy (non-hydrogen) atoms. The summed E-state index contributed by atoms with van der Waals surface area (Å²) in [5.41, 5.74) is 3.51. The molecule has 1 aromatic rings. The van der Waals surface area contributed by atoms with Gasteiger partial charge in [-0.25, -0.2) is 5.48 Å². The van der Waals surface area contributed by atoms with Gasteiger partial charge in [0.25, 0.3) is 0 Å². The molecule has 0 radical (unpaired) electrons. The van der Waals surface area contributed by atoms with Crippen LogP contribution in [0.1, 0.15) is 26.3 Å². The smallest absolute Gasteiger partial charge is 0.119 e. The van der Waals surface area contributed by atoms with Crippen LogP contribution in [-0.4, -0.2) is 18.4 Å². The van der Waals surface area contributed by atoms with Crippen LogP contribution in [0.2, 0.25) is 0 Å². The van der Waals surface area contributed by atoms with Crippen LogP contribution in [-0.2, 0) is 5.41 Å². The molecule has 0 saturated carbocycles. The topological polar surface area (TPSA) is 41.5 Å². The number of nitrogens with one attached hydrogen (secondary N) is 1. The third-order valence-electron chi connectivity index (χ3n) is 2.20. The van der Waals surface area contributed by atoms with Gasteiger partial charge >= 0.3 is 0 Å². The Hall–Kier alpha value is -1.06. The lowest BCUT2D eigenvalue weighted by Gasteiger charge is -2.19. The first-order valence-electron chi connectivity index (χ1n) is 5.14. The highest BCUT2D eigenvalue weighted by Crippen LogP contribution is 2.24. The van der Waals surface area contributed by atoms with Gasteiger partial charge in [-0.05, 0) is 23.1 Å². The van der Waals surface area contributed by atoms with Gasteiger partial charge in [-0.15, -0.1) is 0 Å². The van der Waals surface area contributed by atoms with Crippen LogP contribution in [0.4, 0.5) is 0 Å². The molecule has 0 bridgehead atoms. The van der Waals surface area contributed by atoms with Crippen LogP contribution in [0.5, 0.6) is 5.75 Å². The quantitative estimate of drug-likeness (QED) is 0.590. The van der Waals surface area contributed by atoms with Crippen LogP contribution >= 0.6 is 0 Å². The second kappa shape index (κ2) is 5.14. The van der Waals surface area contributed by atoms with Crippen LogP contribution < -0.4 is 10.2 Å². The molecule has 0 aliphatic heterocycles. The van der Waals surface area contributed by atoms with E-state index in [0.717, 1.165) is 5.75 Å². The van der Waals surface area contributed by atoms with Crippen molar-refractivity contribution < 1.29 is 9.94 Å². The van der Waals surface area contributed by atoms with E-state index >= 15 is 0 Å². The summed E-state index contributed by atoms with van der Waals surface area (Å²) < 4.78 is 5.39. The standard InChI is InChI=1S/C12H19NO2/c1-12(2,3)10-4-6-11(7-5-10)15-9-8-13-14/h4-7,13-14H,8-9H2,1-3H3. The lowest BCUT2D eigenvalue weighted by Crippen LogP contribution is -2.16. The van der Waals surface area contributed by atoms with Crippen molar-refractivity contribution in [3.05, 3.63) is 29.8 Å². The van der Waals surface area contributed by atoms with Gasteiger partial charge in [-0.3, -0.25) is 0 Å². The van der Waals surface area contributed by atoms with Crippen molar-refractivity contribution in [1.82, 2.24) is 5.48 Å². The van der Waals surface area contributed by atoms with Crippen molar-refractivity contribution in [1.29, 1.82) is 0 Å². The van der Waals surface area contributed by atoms with E-state index in [9.17, 15) is 0 Å². The average Bonchev–Trinajstić information content (AvgIpc) is 2.18. The first-order chi connectivity index (χ1) is 7.04. The summed E-state index contributed by atoms with van der Waals surface area (Å²) in [5, 5.41) is 8.37. The number of hydrogen-bond acceptors (Lipinski definition) is 3. The average molecular weight is 209 g/mol. The minimum absolute atomic E-state index is 0.172. The molecule has 0 unspecified atom stereocenters. The number of rotatable bonds is 4. The molecule has 0 aromatic heterocycles. The number of hydrogen-bond donors (Lipinski definition) is 2. The summed E-state index contributed by atoms with van der Waals surface area (Å²) in [6.07, 6.45) is 0. The zero-order valence-electron chi connectivity index (χ0n) is 9.58. The van der Waals surface area contributed by atoms with Crippen molar-refractivity contribution in [2.75, 3.05) is 13.2 Å². The maximum Gasteiger partial charge on any atom is 0.119 e. The SMILES string of the molecule is CC(C)(C)c1ccc(OCCNO)cc1. The zero-order chi connectivity index (χ0) is 11.3. The molecular formula is C12H19NO2. The number of benzene rings is 1. The van der Waals surface area contributed by atoms with E-state index in [1.807, 2.05) is 17.6 Å². The molecule has 0 fully saturated rings. The van der Waals surface area contributed by atoms with Crippen LogP contribution in [0.3, 0.4) is 0 Å². The van der Waals surface area contributed by atoms with E-state index in [1.165, 1.54) is 5.56 Å². The maximum absolute atomic E-state index is 8.37. The highest BCUT2D eigenvalue weighted by atomic mass is 16.5. The van der Waals surface area contributed by atoms with Crippen LogP contribution in [0.15, 0.2) is 24.3 Å². The predicted molar refractivity (Wildman–Crippen MR) is 60.4 cm³/mol. The van der Waals surface area contributed by atoms with Crippen molar-refractivity contribution in [2.24, 2.45) is 0 Å². The lowest BCUT2D eigenvalue weighted by molar-refractivity contribution is 0.145. The Bertz CT molecular complexity index is 287. The minimum Gasteiger partial charge on any atom is -0.492 e. The fourth-order valence-corrected chi connectivity index (χ4v) is 1.27. The third kappa shape index (κ3) is 3.90. The van der Waals surface area contributed by atoms with Gasteiger partial charge in [0.05, 0.1) is 6.54 Å². The summed E-state index contributed by atoms with van der Waals surface area (Å²) in [4.78, 5) is 0. The Morgan fingerprint density at radius 1 is 1.20 bits per heavy atom. The first kappa shape index (κ1) is 12.0. The summed E-state index contributed by atoms with van der Waals surface area (Å²) >= 11 is 0. The second-order valence-corrected chi connectivity index (χ2v) is 4.53. The van der Waals surface area contributed by atoms with Gasteiger partial charge in [0.2, 0.25) is 0 Å². The molecule has 0 saturated heterocycles. The predicted octanol–water partition coefficient (Wildman–Crippen LogP) is 2.34. The summed E-state index contributed by atoms with van der Waals surface area (Å²) in [6, 6.07) is 8.05. The van der Waals surface area contributed by atoms with Gasteiger partial charge in [0.1, 0.15) is 12.4 Å². The molecule has 3 heteroatoms. The fraction of sp³-hybridized carbons (Fsp3) is 0.500. The molecule has 3 nitrogen and oxygen atoms in total. The largest absolute Gasteiger partial charge is 0.492 e. The Balaban J connectivity index is 2.57. The zero-order valence-corrected chi connectivity index (χ0v) is 9.58. The van der Waals surface area contributed by atoms with E-state index in [1.54, 1.807) is 0 Å². The first-order valence-corrected chi connectivity index (χ1v) is 5.14. The van der Waals surface area contributed by atoms with Crippen molar-refractivity contribution in [2.45, 2.75) is 26.2 Å². The van der Waals surface area contributed by atoms with Gasteiger partial charge < -0.3 is 9.94 Å². The maximum atomic E-state index is 8.37. The van der Waals surface area contributed by atoms with E-state index < -0.39 is 0 Å². The Labute approximate surface area is 91.0 Å². The molecule has 1 rings (SSSR count). The van der Waals surface area contributed by atoms with E-state index in [2.05, 4.69) is 32.9 Å². The highest BCUT2D eigenvalue weighted by Gasteiger charge is 2.12. The van der Waals surface area contributed by atoms with Crippen LogP contribution in [0, 0.1) is 0 Å². The van der Waals surface area contributed by atoms with Crippen molar-refractivity contribution in [3.63, 3.8) is 0 Å². The molecule has 0 heterocycles. The fourth-order valence-electron chi connectivity index (χ4n) is 1.27. The van der Waals surface area contributed by atoms with Crippen LogP contribution in [0.25, 0.3) is 0 Å². The molecule has 84 valence electrons.